The number of hydrogen-bond donors (Lipinski definition) is 3. The molecule has 0 bridgehead atoms. The molecule has 5 nitrogen and oxygen atoms in total. The highest BCUT2D eigenvalue weighted by Crippen LogP contribution is 1.97. The summed E-state index contributed by atoms with van der Waals surface area (Å²) in [5, 5.41) is 5.76. The van der Waals surface area contributed by atoms with E-state index in [2.05, 4.69) is 15.6 Å². The molecule has 0 radical (unpaired) electrons. The van der Waals surface area contributed by atoms with E-state index < -0.39 is 0 Å². The minimum Gasteiger partial charge on any atom is -0.370 e. The maximum absolute atomic E-state index is 11.7. The second kappa shape index (κ2) is 7.32. The summed E-state index contributed by atoms with van der Waals surface area (Å²) in [5.74, 6) is 0.306. The largest absolute Gasteiger partial charge is 0.370 e. The van der Waals surface area contributed by atoms with Crippen LogP contribution in [0.1, 0.15) is 24.2 Å². The Balaban J connectivity index is 2.28. The normalized spacial score (nSPS) is 11.4. The molecule has 0 aliphatic rings. The zero-order valence-electron chi connectivity index (χ0n) is 10.8. The predicted octanol–water partition coefficient (Wildman–Crippen LogP) is 0.729. The molecule has 0 saturated carbocycles. The first kappa shape index (κ1) is 14.0. The topological polar surface area (TPSA) is 79.5 Å². The first-order valence-electron chi connectivity index (χ1n) is 5.99. The smallest absolute Gasteiger partial charge is 0.251 e. The lowest BCUT2D eigenvalue weighted by molar-refractivity contribution is 0.0955. The number of hydrogen-bond acceptors (Lipinski definition) is 2. The Morgan fingerprint density at radius 2 is 2.00 bits per heavy atom. The fourth-order valence-corrected chi connectivity index (χ4v) is 1.38. The van der Waals surface area contributed by atoms with Crippen LogP contribution in [-0.4, -0.2) is 31.0 Å². The van der Waals surface area contributed by atoms with Gasteiger partial charge in [0.1, 0.15) is 0 Å². The number of nitrogens with one attached hydrogen (secondary N) is 2. The van der Waals surface area contributed by atoms with Gasteiger partial charge in [0.2, 0.25) is 0 Å². The van der Waals surface area contributed by atoms with Gasteiger partial charge in [-0.25, -0.2) is 0 Å². The Morgan fingerprint density at radius 1 is 1.33 bits per heavy atom. The molecule has 1 aromatic carbocycles. The number of carbonyl (C=O) groups excluding carboxylic acids is 1. The van der Waals surface area contributed by atoms with E-state index in [-0.39, 0.29) is 11.9 Å². The van der Waals surface area contributed by atoms with E-state index in [9.17, 15) is 4.79 Å². The SMILES string of the molecule is CC(C)NC(N)=NCCNC(=O)c1ccccc1. The number of nitrogens with zero attached hydrogens (tertiary/aromatic N) is 1. The Labute approximate surface area is 107 Å². The number of rotatable bonds is 5. The predicted molar refractivity (Wildman–Crippen MR) is 73.5 cm³/mol. The van der Waals surface area contributed by atoms with Crippen LogP contribution in [0.2, 0.25) is 0 Å². The summed E-state index contributed by atoms with van der Waals surface area (Å²) in [6.07, 6.45) is 0. The van der Waals surface area contributed by atoms with Gasteiger partial charge in [-0.2, -0.15) is 0 Å². The van der Waals surface area contributed by atoms with Crippen molar-refractivity contribution in [1.82, 2.24) is 10.6 Å². The third-order valence-corrected chi connectivity index (χ3v) is 2.15. The second-order valence-corrected chi connectivity index (χ2v) is 4.19. The molecular weight excluding hydrogens is 228 g/mol. The van der Waals surface area contributed by atoms with Crippen molar-refractivity contribution in [3.63, 3.8) is 0 Å². The zero-order valence-corrected chi connectivity index (χ0v) is 10.8. The van der Waals surface area contributed by atoms with Crippen LogP contribution in [0.25, 0.3) is 0 Å². The summed E-state index contributed by atoms with van der Waals surface area (Å²) in [5.41, 5.74) is 6.28. The van der Waals surface area contributed by atoms with Gasteiger partial charge in [-0.15, -0.1) is 0 Å². The number of guanidine groups is 1. The number of benzene rings is 1. The van der Waals surface area contributed by atoms with Crippen molar-refractivity contribution in [2.45, 2.75) is 19.9 Å². The lowest BCUT2D eigenvalue weighted by atomic mass is 10.2. The average molecular weight is 248 g/mol. The van der Waals surface area contributed by atoms with Gasteiger partial charge in [-0.05, 0) is 26.0 Å². The minimum atomic E-state index is -0.0961. The average Bonchev–Trinajstić information content (AvgIpc) is 2.34. The molecule has 0 saturated heterocycles. The molecule has 1 rings (SSSR count). The molecule has 1 aromatic rings. The second-order valence-electron chi connectivity index (χ2n) is 4.19. The standard InChI is InChI=1S/C13H20N4O/c1-10(2)17-13(14)16-9-8-15-12(18)11-6-4-3-5-7-11/h3-7,10H,8-9H2,1-2H3,(H,15,18)(H3,14,16,17). The van der Waals surface area contributed by atoms with Gasteiger partial charge in [0, 0.05) is 18.2 Å². The van der Waals surface area contributed by atoms with Gasteiger partial charge in [0.05, 0.1) is 6.54 Å². The minimum absolute atomic E-state index is 0.0961. The first-order chi connectivity index (χ1) is 8.59. The van der Waals surface area contributed by atoms with Gasteiger partial charge < -0.3 is 16.4 Å². The molecule has 4 N–H and O–H groups in total. The summed E-state index contributed by atoms with van der Waals surface area (Å²) in [4.78, 5) is 15.8. The van der Waals surface area contributed by atoms with E-state index >= 15 is 0 Å². The zero-order chi connectivity index (χ0) is 13.4. The van der Waals surface area contributed by atoms with Crippen molar-refractivity contribution in [2.24, 2.45) is 10.7 Å². The molecular formula is C13H20N4O. The van der Waals surface area contributed by atoms with Gasteiger partial charge in [-0.3, -0.25) is 9.79 Å². The molecule has 0 heterocycles. The van der Waals surface area contributed by atoms with Gasteiger partial charge in [-0.1, -0.05) is 18.2 Å². The van der Waals surface area contributed by atoms with E-state index in [1.165, 1.54) is 0 Å². The highest BCUT2D eigenvalue weighted by molar-refractivity contribution is 5.94. The van der Waals surface area contributed by atoms with Gasteiger partial charge in [0.15, 0.2) is 5.96 Å². The fraction of sp³-hybridized carbons (Fsp3) is 0.385. The fourth-order valence-electron chi connectivity index (χ4n) is 1.38. The lowest BCUT2D eigenvalue weighted by Gasteiger charge is -2.08. The molecule has 0 atom stereocenters. The summed E-state index contributed by atoms with van der Waals surface area (Å²) >= 11 is 0. The van der Waals surface area contributed by atoms with Crippen LogP contribution in [0.15, 0.2) is 35.3 Å². The summed E-state index contributed by atoms with van der Waals surface area (Å²) < 4.78 is 0. The van der Waals surface area contributed by atoms with Crippen molar-refractivity contribution >= 4 is 11.9 Å². The van der Waals surface area contributed by atoms with Crippen LogP contribution in [0.3, 0.4) is 0 Å². The number of amides is 1. The van der Waals surface area contributed by atoms with Crippen molar-refractivity contribution in [3.8, 4) is 0 Å². The Bertz CT molecular complexity index is 401. The Kier molecular flexibility index (Phi) is 5.70. The number of nitrogens with two attached hydrogens (primary N) is 1. The summed E-state index contributed by atoms with van der Waals surface area (Å²) in [6, 6.07) is 9.34. The van der Waals surface area contributed by atoms with Crippen LogP contribution in [-0.2, 0) is 0 Å². The molecule has 0 spiro atoms. The molecule has 0 aromatic heterocycles. The number of carbonyl (C=O) groups is 1. The molecule has 0 aliphatic carbocycles. The van der Waals surface area contributed by atoms with Crippen LogP contribution in [0.4, 0.5) is 0 Å². The summed E-state index contributed by atoms with van der Waals surface area (Å²) in [6.45, 7) is 4.90. The van der Waals surface area contributed by atoms with E-state index in [0.29, 0.717) is 24.6 Å². The quantitative estimate of drug-likeness (QED) is 0.408. The molecule has 5 heteroatoms. The van der Waals surface area contributed by atoms with Crippen molar-refractivity contribution in [3.05, 3.63) is 35.9 Å². The first-order valence-corrected chi connectivity index (χ1v) is 5.99. The van der Waals surface area contributed by atoms with Crippen molar-refractivity contribution in [2.75, 3.05) is 13.1 Å². The van der Waals surface area contributed by atoms with E-state index in [0.717, 1.165) is 0 Å². The van der Waals surface area contributed by atoms with Crippen molar-refractivity contribution < 1.29 is 4.79 Å². The molecule has 0 unspecified atom stereocenters. The van der Waals surface area contributed by atoms with E-state index in [1.54, 1.807) is 12.1 Å². The van der Waals surface area contributed by atoms with E-state index in [4.69, 9.17) is 5.73 Å². The van der Waals surface area contributed by atoms with Crippen LogP contribution >= 0.6 is 0 Å². The van der Waals surface area contributed by atoms with E-state index in [1.807, 2.05) is 32.0 Å². The Hall–Kier alpha value is -2.04. The monoisotopic (exact) mass is 248 g/mol. The van der Waals surface area contributed by atoms with Gasteiger partial charge in [0.25, 0.3) is 5.91 Å². The lowest BCUT2D eigenvalue weighted by Crippen LogP contribution is -2.37. The molecule has 98 valence electrons. The number of aliphatic imine (C=N–C) groups is 1. The van der Waals surface area contributed by atoms with Crippen LogP contribution in [0.5, 0.6) is 0 Å². The highest BCUT2D eigenvalue weighted by atomic mass is 16.1. The van der Waals surface area contributed by atoms with Crippen LogP contribution < -0.4 is 16.4 Å². The molecule has 0 fully saturated rings. The third-order valence-electron chi connectivity index (χ3n) is 2.15. The molecule has 1 amide bonds. The Morgan fingerprint density at radius 3 is 2.61 bits per heavy atom. The maximum Gasteiger partial charge on any atom is 0.251 e. The van der Waals surface area contributed by atoms with Crippen molar-refractivity contribution in [1.29, 1.82) is 0 Å². The molecule has 0 aliphatic heterocycles. The van der Waals surface area contributed by atoms with Crippen LogP contribution in [0, 0.1) is 0 Å². The highest BCUT2D eigenvalue weighted by Gasteiger charge is 2.02. The summed E-state index contributed by atoms with van der Waals surface area (Å²) in [7, 11) is 0. The third kappa shape index (κ3) is 5.34. The molecule has 18 heavy (non-hydrogen) atoms. The van der Waals surface area contributed by atoms with Gasteiger partial charge >= 0.3 is 0 Å². The maximum atomic E-state index is 11.7.